The maximum absolute atomic E-state index is 14.1. The highest BCUT2D eigenvalue weighted by atomic mass is 16.3. The number of phenolic OH excluding ortho intramolecular Hbond substituents is 1. The van der Waals surface area contributed by atoms with Crippen molar-refractivity contribution in [1.29, 1.82) is 0 Å². The average molecular weight is 584 g/mol. The Kier molecular flexibility index (Phi) is 7.11. The van der Waals surface area contributed by atoms with Crippen LogP contribution in [0.3, 0.4) is 0 Å². The molecule has 5 atom stereocenters. The summed E-state index contributed by atoms with van der Waals surface area (Å²) >= 11 is 0. The van der Waals surface area contributed by atoms with Crippen molar-refractivity contribution in [3.63, 3.8) is 0 Å². The number of nitrogens with two attached hydrogens (primary N) is 1. The van der Waals surface area contributed by atoms with Crippen LogP contribution in [0.5, 0.6) is 5.75 Å². The van der Waals surface area contributed by atoms with Crippen LogP contribution in [0.25, 0.3) is 5.76 Å². The number of hydrogen-bond acceptors (Lipinski definition) is 11. The first kappa shape index (κ1) is 29.5. The van der Waals surface area contributed by atoms with Crippen molar-refractivity contribution in [2.24, 2.45) is 17.6 Å². The molecule has 0 aromatic heterocycles. The lowest BCUT2D eigenvalue weighted by molar-refractivity contribution is -0.153. The van der Waals surface area contributed by atoms with Crippen molar-refractivity contribution < 1.29 is 39.6 Å². The molecule has 1 aromatic carbocycles. The first-order valence-corrected chi connectivity index (χ1v) is 13.8. The van der Waals surface area contributed by atoms with Crippen molar-refractivity contribution >= 4 is 40.5 Å². The minimum absolute atomic E-state index is 0.00804. The van der Waals surface area contributed by atoms with Gasteiger partial charge in [-0.2, -0.15) is 0 Å². The number of phenols is 1. The number of aliphatic hydroxyl groups excluding tert-OH is 2. The van der Waals surface area contributed by atoms with Crippen LogP contribution in [-0.2, 0) is 25.6 Å². The Morgan fingerprint density at radius 2 is 1.81 bits per heavy atom. The van der Waals surface area contributed by atoms with Crippen LogP contribution in [0.1, 0.15) is 30.4 Å². The molecule has 2 fully saturated rings. The summed E-state index contributed by atoms with van der Waals surface area (Å²) in [6.45, 7) is 0.760. The molecule has 4 aliphatic rings. The third kappa shape index (κ3) is 4.09. The first-order chi connectivity index (χ1) is 19.6. The maximum atomic E-state index is 14.1. The Labute approximate surface area is 242 Å². The van der Waals surface area contributed by atoms with E-state index in [-0.39, 0.29) is 35.6 Å². The SMILES string of the molecule is CN(C)c1cc(NC(=O)C2CCCN2C)c(O)c2c1C[C@H]1C[C@H]3[C@H](N(C)C)C(=O)C(C(N)=O)=C(O)[C@@]3(O)C(=O)C1=C2O. The molecule has 0 spiro atoms. The third-order valence-corrected chi connectivity index (χ3v) is 9.26. The lowest BCUT2D eigenvalue weighted by atomic mass is 9.57. The number of nitrogens with zero attached hydrogens (tertiary/aromatic N) is 3. The van der Waals surface area contributed by atoms with Crippen LogP contribution < -0.4 is 16.0 Å². The number of carbonyl (C=O) groups is 4. The Hall–Kier alpha value is -3.94. The van der Waals surface area contributed by atoms with E-state index in [1.165, 1.54) is 4.90 Å². The molecule has 13 nitrogen and oxygen atoms in total. The summed E-state index contributed by atoms with van der Waals surface area (Å²) in [5, 5.41) is 48.5. The zero-order valence-corrected chi connectivity index (χ0v) is 24.3. The quantitative estimate of drug-likeness (QED) is 0.203. The maximum Gasteiger partial charge on any atom is 0.255 e. The van der Waals surface area contributed by atoms with Gasteiger partial charge in [0.15, 0.2) is 11.4 Å². The Balaban J connectivity index is 1.68. The smallest absolute Gasteiger partial charge is 0.255 e. The summed E-state index contributed by atoms with van der Waals surface area (Å²) in [5.41, 5.74) is 2.61. The number of likely N-dealkylation sites (N-methyl/N-ethyl adjacent to an activating group) is 2. The Bertz CT molecular complexity index is 1480. The summed E-state index contributed by atoms with van der Waals surface area (Å²) in [5.74, 6) is -7.56. The molecule has 1 aliphatic heterocycles. The fourth-order valence-electron chi connectivity index (χ4n) is 7.24. The number of nitrogens with one attached hydrogen (secondary N) is 1. The number of likely N-dealkylation sites (tertiary alicyclic amines) is 1. The Morgan fingerprint density at radius 1 is 1.14 bits per heavy atom. The summed E-state index contributed by atoms with van der Waals surface area (Å²) in [4.78, 5) is 57.7. The fourth-order valence-corrected chi connectivity index (χ4v) is 7.24. The van der Waals surface area contributed by atoms with E-state index >= 15 is 0 Å². The molecule has 1 aromatic rings. The molecule has 1 heterocycles. The molecule has 2 amide bonds. The van der Waals surface area contributed by atoms with Crippen molar-refractivity contribution in [3.05, 3.63) is 34.1 Å². The number of rotatable bonds is 5. The van der Waals surface area contributed by atoms with Crippen LogP contribution in [0, 0.1) is 11.8 Å². The van der Waals surface area contributed by atoms with E-state index in [4.69, 9.17) is 5.73 Å². The fraction of sp³-hybridized carbons (Fsp3) is 0.517. The van der Waals surface area contributed by atoms with Crippen molar-refractivity contribution in [2.75, 3.05) is 52.0 Å². The first-order valence-electron chi connectivity index (χ1n) is 13.8. The van der Waals surface area contributed by atoms with Gasteiger partial charge in [-0.05, 0) is 70.9 Å². The van der Waals surface area contributed by atoms with Crippen LogP contribution in [0.2, 0.25) is 0 Å². The number of amides is 2. The number of Topliss-reactive ketones (excluding diaryl/α,β-unsaturated/α-hetero) is 2. The number of benzene rings is 1. The molecule has 5 rings (SSSR count). The zero-order chi connectivity index (χ0) is 31.0. The number of fused-ring (bicyclic) bond motifs is 3. The van der Waals surface area contributed by atoms with Crippen molar-refractivity contribution in [1.82, 2.24) is 9.80 Å². The summed E-state index contributed by atoms with van der Waals surface area (Å²) in [7, 11) is 8.47. The van der Waals surface area contributed by atoms with Gasteiger partial charge in [-0.25, -0.2) is 0 Å². The van der Waals surface area contributed by atoms with Gasteiger partial charge in [0.1, 0.15) is 22.8 Å². The van der Waals surface area contributed by atoms with Crippen molar-refractivity contribution in [2.45, 2.75) is 43.4 Å². The number of aliphatic hydroxyl groups is 3. The van der Waals surface area contributed by atoms with Gasteiger partial charge in [-0.1, -0.05) is 0 Å². The van der Waals surface area contributed by atoms with E-state index in [9.17, 15) is 39.6 Å². The van der Waals surface area contributed by atoms with Gasteiger partial charge >= 0.3 is 0 Å². The topological polar surface area (TPSA) is 197 Å². The largest absolute Gasteiger partial charge is 0.508 e. The van der Waals surface area contributed by atoms with Crippen molar-refractivity contribution in [3.8, 4) is 5.75 Å². The summed E-state index contributed by atoms with van der Waals surface area (Å²) in [6, 6.07) is 0.0646. The minimum atomic E-state index is -2.72. The van der Waals surface area contributed by atoms with Gasteiger partial charge in [-0.15, -0.1) is 0 Å². The molecule has 7 N–H and O–H groups in total. The van der Waals surface area contributed by atoms with Gasteiger partial charge < -0.3 is 36.4 Å². The van der Waals surface area contributed by atoms with E-state index in [1.54, 1.807) is 39.2 Å². The van der Waals surface area contributed by atoms with Gasteiger partial charge in [-0.3, -0.25) is 29.0 Å². The molecular weight excluding hydrogens is 546 g/mol. The molecule has 13 heteroatoms. The highest BCUT2D eigenvalue weighted by molar-refractivity contribution is 6.24. The summed E-state index contributed by atoms with van der Waals surface area (Å²) in [6.07, 6.45) is 1.65. The molecule has 226 valence electrons. The molecular formula is C29H37N5O8. The number of carbonyl (C=O) groups excluding carboxylic acids is 4. The van der Waals surface area contributed by atoms with Crippen LogP contribution in [0.4, 0.5) is 11.4 Å². The van der Waals surface area contributed by atoms with E-state index in [1.807, 2.05) is 11.9 Å². The van der Waals surface area contributed by atoms with Gasteiger partial charge in [0.05, 0.1) is 23.3 Å². The molecule has 0 bridgehead atoms. The number of aromatic hydroxyl groups is 1. The number of hydrogen-bond donors (Lipinski definition) is 6. The van der Waals surface area contributed by atoms with E-state index < -0.39 is 69.8 Å². The van der Waals surface area contributed by atoms with Crippen LogP contribution in [-0.4, -0.2) is 113 Å². The predicted molar refractivity (Wildman–Crippen MR) is 153 cm³/mol. The second-order valence-corrected chi connectivity index (χ2v) is 12.1. The predicted octanol–water partition coefficient (Wildman–Crippen LogP) is 0.0627. The standard InChI is InChI=1S/C29H37N5O8/c1-32(2)17-11-15(31-28(41)16-7-6-8-34(16)5)22(35)19-13(17)9-12-10-14-21(33(3)4)24(37)20(27(30)40)26(39)29(14,42)25(38)18(12)23(19)36/h11-12,14,16,21,35-36,39,42H,6-10H2,1-5H3,(H2,30,40)(H,31,41)/t12-,14-,16?,21-,29-/m0/s1. The molecule has 3 aliphatic carbocycles. The van der Waals surface area contributed by atoms with E-state index in [0.29, 0.717) is 17.7 Å². The number of ketones is 2. The monoisotopic (exact) mass is 583 g/mol. The number of anilines is 2. The van der Waals surface area contributed by atoms with Gasteiger partial charge in [0.25, 0.3) is 5.91 Å². The summed E-state index contributed by atoms with van der Waals surface area (Å²) < 4.78 is 0. The normalized spacial score (nSPS) is 29.4. The Morgan fingerprint density at radius 3 is 2.36 bits per heavy atom. The zero-order valence-electron chi connectivity index (χ0n) is 24.3. The molecule has 0 radical (unpaired) electrons. The van der Waals surface area contributed by atoms with Crippen LogP contribution in [0.15, 0.2) is 23.0 Å². The lowest BCUT2D eigenvalue weighted by Gasteiger charge is -2.50. The second-order valence-electron chi connectivity index (χ2n) is 12.1. The van der Waals surface area contributed by atoms with E-state index in [0.717, 1.165) is 13.0 Å². The highest BCUT2D eigenvalue weighted by Crippen LogP contribution is 2.54. The average Bonchev–Trinajstić information content (AvgIpc) is 3.33. The molecule has 1 unspecified atom stereocenters. The molecule has 1 saturated carbocycles. The highest BCUT2D eigenvalue weighted by Gasteiger charge is 2.64. The second kappa shape index (κ2) is 10.1. The minimum Gasteiger partial charge on any atom is -0.508 e. The molecule has 42 heavy (non-hydrogen) atoms. The molecule has 1 saturated heterocycles. The third-order valence-electron chi connectivity index (χ3n) is 9.26. The van der Waals surface area contributed by atoms with E-state index in [2.05, 4.69) is 5.32 Å². The lowest BCUT2D eigenvalue weighted by Crippen LogP contribution is -2.65. The number of primary amides is 1. The van der Waals surface area contributed by atoms with Crippen LogP contribution >= 0.6 is 0 Å². The van der Waals surface area contributed by atoms with Gasteiger partial charge in [0, 0.05) is 31.3 Å². The van der Waals surface area contributed by atoms with Gasteiger partial charge in [0.2, 0.25) is 11.7 Å².